The Labute approximate surface area is 112 Å². The lowest BCUT2D eigenvalue weighted by Gasteiger charge is -2.27. The molecular formula is C14H18ClNO2. The van der Waals surface area contributed by atoms with E-state index in [0.717, 1.165) is 12.8 Å². The van der Waals surface area contributed by atoms with Gasteiger partial charge < -0.3 is 5.11 Å². The highest BCUT2D eigenvalue weighted by molar-refractivity contribution is 6.31. The van der Waals surface area contributed by atoms with Gasteiger partial charge in [-0.1, -0.05) is 49.1 Å². The van der Waals surface area contributed by atoms with Gasteiger partial charge in [-0.15, -0.1) is 0 Å². The number of halogens is 1. The van der Waals surface area contributed by atoms with Crippen LogP contribution in [0.15, 0.2) is 24.3 Å². The van der Waals surface area contributed by atoms with Crippen molar-refractivity contribution in [1.29, 1.82) is 0 Å². The van der Waals surface area contributed by atoms with Gasteiger partial charge in [0.15, 0.2) is 0 Å². The van der Waals surface area contributed by atoms with Crippen molar-refractivity contribution in [3.05, 3.63) is 34.9 Å². The third-order valence-corrected chi connectivity index (χ3v) is 3.81. The van der Waals surface area contributed by atoms with Gasteiger partial charge >= 0.3 is 5.97 Å². The highest BCUT2D eigenvalue weighted by atomic mass is 35.5. The first kappa shape index (κ1) is 13.4. The van der Waals surface area contributed by atoms with Crippen molar-refractivity contribution < 1.29 is 9.90 Å². The van der Waals surface area contributed by atoms with Crippen LogP contribution >= 0.6 is 11.6 Å². The van der Waals surface area contributed by atoms with E-state index in [0.29, 0.717) is 10.6 Å². The fourth-order valence-electron chi connectivity index (χ4n) is 2.51. The quantitative estimate of drug-likeness (QED) is 0.879. The third-order valence-electron chi connectivity index (χ3n) is 3.47. The van der Waals surface area contributed by atoms with Gasteiger partial charge in [-0.05, 0) is 24.5 Å². The molecule has 0 amide bonds. The topological polar surface area (TPSA) is 49.3 Å². The number of carbonyl (C=O) groups is 1. The van der Waals surface area contributed by atoms with Crippen LogP contribution in [0, 0.1) is 0 Å². The molecule has 1 unspecified atom stereocenters. The molecule has 0 bridgehead atoms. The minimum atomic E-state index is -0.867. The molecule has 0 aromatic heterocycles. The molecule has 1 aliphatic rings. The standard InChI is InChI=1S/C14H18ClNO2/c15-12-9-5-4-8-11(12)13(14(17)18)16-10-6-2-1-3-7-10/h4-5,8-10,13,16H,1-3,6-7H2,(H,17,18). The van der Waals surface area contributed by atoms with Crippen molar-refractivity contribution in [1.82, 2.24) is 5.32 Å². The zero-order valence-electron chi connectivity index (χ0n) is 10.2. The predicted octanol–water partition coefficient (Wildman–Crippen LogP) is 3.39. The van der Waals surface area contributed by atoms with Crippen LogP contribution in [0.3, 0.4) is 0 Å². The smallest absolute Gasteiger partial charge is 0.325 e. The summed E-state index contributed by atoms with van der Waals surface area (Å²) in [6, 6.07) is 6.72. The molecule has 0 spiro atoms. The normalized spacial score (nSPS) is 18.5. The Balaban J connectivity index is 2.13. The van der Waals surface area contributed by atoms with Crippen molar-refractivity contribution >= 4 is 17.6 Å². The Morgan fingerprint density at radius 3 is 2.56 bits per heavy atom. The minimum Gasteiger partial charge on any atom is -0.480 e. The fourth-order valence-corrected chi connectivity index (χ4v) is 2.75. The van der Waals surface area contributed by atoms with Crippen molar-refractivity contribution in [3.63, 3.8) is 0 Å². The summed E-state index contributed by atoms with van der Waals surface area (Å²) in [4.78, 5) is 11.4. The third kappa shape index (κ3) is 3.24. The van der Waals surface area contributed by atoms with Crippen LogP contribution in [0.1, 0.15) is 43.7 Å². The molecule has 1 aliphatic carbocycles. The lowest BCUT2D eigenvalue weighted by Crippen LogP contribution is -2.38. The van der Waals surface area contributed by atoms with Crippen molar-refractivity contribution in [2.45, 2.75) is 44.2 Å². The number of benzene rings is 1. The second kappa shape index (κ2) is 6.21. The number of carboxylic acid groups (broad SMARTS) is 1. The number of carboxylic acids is 1. The summed E-state index contributed by atoms with van der Waals surface area (Å²) in [6.45, 7) is 0. The molecule has 0 radical (unpaired) electrons. The van der Waals surface area contributed by atoms with Crippen molar-refractivity contribution in [3.8, 4) is 0 Å². The molecule has 1 aromatic rings. The predicted molar refractivity (Wildman–Crippen MR) is 71.8 cm³/mol. The number of rotatable bonds is 4. The lowest BCUT2D eigenvalue weighted by molar-refractivity contribution is -0.140. The van der Waals surface area contributed by atoms with Crippen molar-refractivity contribution in [2.24, 2.45) is 0 Å². The number of hydrogen-bond acceptors (Lipinski definition) is 2. The summed E-state index contributed by atoms with van der Waals surface area (Å²) < 4.78 is 0. The molecule has 98 valence electrons. The Morgan fingerprint density at radius 2 is 1.94 bits per heavy atom. The molecule has 0 heterocycles. The van der Waals surface area contributed by atoms with E-state index in [2.05, 4.69) is 5.32 Å². The summed E-state index contributed by atoms with van der Waals surface area (Å²) in [7, 11) is 0. The van der Waals surface area contributed by atoms with Crippen LogP contribution in [0.4, 0.5) is 0 Å². The molecule has 0 saturated heterocycles. The highest BCUT2D eigenvalue weighted by Gasteiger charge is 2.25. The Morgan fingerprint density at radius 1 is 1.28 bits per heavy atom. The first-order chi connectivity index (χ1) is 8.68. The van der Waals surface area contributed by atoms with E-state index in [1.165, 1.54) is 19.3 Å². The summed E-state index contributed by atoms with van der Waals surface area (Å²) in [5.41, 5.74) is 0.650. The van der Waals surface area contributed by atoms with Crippen LogP contribution in [-0.4, -0.2) is 17.1 Å². The Kier molecular flexibility index (Phi) is 4.61. The van der Waals surface area contributed by atoms with Gasteiger partial charge in [0.25, 0.3) is 0 Å². The van der Waals surface area contributed by atoms with E-state index in [-0.39, 0.29) is 6.04 Å². The molecule has 1 atom stereocenters. The van der Waals surface area contributed by atoms with E-state index < -0.39 is 12.0 Å². The van der Waals surface area contributed by atoms with Crippen LogP contribution < -0.4 is 5.32 Å². The second-order valence-electron chi connectivity index (χ2n) is 4.79. The van der Waals surface area contributed by atoms with Gasteiger partial charge in [0.1, 0.15) is 6.04 Å². The zero-order chi connectivity index (χ0) is 13.0. The SMILES string of the molecule is O=C(O)C(NC1CCCCC1)c1ccccc1Cl. The second-order valence-corrected chi connectivity index (χ2v) is 5.20. The first-order valence-corrected chi connectivity index (χ1v) is 6.79. The van der Waals surface area contributed by atoms with E-state index in [1.54, 1.807) is 12.1 Å². The highest BCUT2D eigenvalue weighted by Crippen LogP contribution is 2.26. The van der Waals surface area contributed by atoms with Gasteiger partial charge in [0.05, 0.1) is 0 Å². The Bertz CT molecular complexity index is 416. The van der Waals surface area contributed by atoms with Gasteiger partial charge in [-0.3, -0.25) is 10.1 Å². The molecule has 1 saturated carbocycles. The molecular weight excluding hydrogens is 250 g/mol. The summed E-state index contributed by atoms with van der Waals surface area (Å²) in [5, 5.41) is 13.1. The average Bonchev–Trinajstić information content (AvgIpc) is 2.38. The monoisotopic (exact) mass is 267 g/mol. The van der Waals surface area contributed by atoms with Crippen LogP contribution in [0.2, 0.25) is 5.02 Å². The van der Waals surface area contributed by atoms with Gasteiger partial charge in [0.2, 0.25) is 0 Å². The molecule has 4 heteroatoms. The number of aliphatic carboxylic acids is 1. The van der Waals surface area contributed by atoms with E-state index in [4.69, 9.17) is 11.6 Å². The van der Waals surface area contributed by atoms with Crippen molar-refractivity contribution in [2.75, 3.05) is 0 Å². The van der Waals surface area contributed by atoms with E-state index in [9.17, 15) is 9.90 Å². The fraction of sp³-hybridized carbons (Fsp3) is 0.500. The molecule has 2 rings (SSSR count). The maximum Gasteiger partial charge on any atom is 0.325 e. The summed E-state index contributed by atoms with van der Waals surface area (Å²) in [5.74, 6) is -0.867. The summed E-state index contributed by atoms with van der Waals surface area (Å²) in [6.07, 6.45) is 5.70. The van der Waals surface area contributed by atoms with Crippen LogP contribution in [-0.2, 0) is 4.79 Å². The van der Waals surface area contributed by atoms with E-state index >= 15 is 0 Å². The zero-order valence-corrected chi connectivity index (χ0v) is 11.0. The average molecular weight is 268 g/mol. The molecule has 0 aliphatic heterocycles. The van der Waals surface area contributed by atoms with Gasteiger partial charge in [0, 0.05) is 11.1 Å². The van der Waals surface area contributed by atoms with Gasteiger partial charge in [-0.2, -0.15) is 0 Å². The maximum absolute atomic E-state index is 11.4. The molecule has 1 aromatic carbocycles. The first-order valence-electron chi connectivity index (χ1n) is 6.42. The lowest BCUT2D eigenvalue weighted by atomic mass is 9.94. The summed E-state index contributed by atoms with van der Waals surface area (Å²) >= 11 is 6.08. The number of nitrogens with one attached hydrogen (secondary N) is 1. The van der Waals surface area contributed by atoms with E-state index in [1.807, 2.05) is 12.1 Å². The molecule has 18 heavy (non-hydrogen) atoms. The minimum absolute atomic E-state index is 0.288. The molecule has 3 nitrogen and oxygen atoms in total. The molecule has 2 N–H and O–H groups in total. The molecule has 1 fully saturated rings. The number of hydrogen-bond donors (Lipinski definition) is 2. The largest absolute Gasteiger partial charge is 0.480 e. The van der Waals surface area contributed by atoms with Crippen LogP contribution in [0.25, 0.3) is 0 Å². The van der Waals surface area contributed by atoms with Crippen LogP contribution in [0.5, 0.6) is 0 Å². The van der Waals surface area contributed by atoms with Gasteiger partial charge in [-0.25, -0.2) is 0 Å². The Hall–Kier alpha value is -1.06. The maximum atomic E-state index is 11.4.